The van der Waals surface area contributed by atoms with Gasteiger partial charge in [0.15, 0.2) is 6.61 Å². The quantitative estimate of drug-likeness (QED) is 0.237. The van der Waals surface area contributed by atoms with Gasteiger partial charge in [-0.3, -0.25) is 9.59 Å². The van der Waals surface area contributed by atoms with E-state index < -0.39 is 17.8 Å². The molecule has 0 radical (unpaired) electrons. The van der Waals surface area contributed by atoms with Crippen molar-refractivity contribution in [3.05, 3.63) is 84.4 Å². The zero-order valence-corrected chi connectivity index (χ0v) is 17.7. The maximum Gasteiger partial charge on any atom is 0.343 e. The number of rotatable bonds is 8. The fraction of sp³-hybridized carbons (Fsp3) is 0.0833. The summed E-state index contributed by atoms with van der Waals surface area (Å²) in [5.41, 5.74) is 3.24. The summed E-state index contributed by atoms with van der Waals surface area (Å²) < 4.78 is 15.4. The van der Waals surface area contributed by atoms with Crippen LogP contribution in [0.3, 0.4) is 0 Å². The minimum atomic E-state index is -0.922. The second-order valence-corrected chi connectivity index (χ2v) is 6.53. The number of hydrogen-bond donors (Lipinski definition) is 2. The van der Waals surface area contributed by atoms with Gasteiger partial charge in [0, 0.05) is 5.69 Å². The van der Waals surface area contributed by atoms with Crippen molar-refractivity contribution in [3.63, 3.8) is 0 Å². The SMILES string of the molecule is COC(=O)COc1ccc(/C=N\NC(=O)C(=O)Nc2ccc(Oc3ccccc3)cc2)cc1. The Morgan fingerprint density at radius 2 is 1.45 bits per heavy atom. The zero-order chi connectivity index (χ0) is 23.5. The van der Waals surface area contributed by atoms with E-state index in [1.54, 1.807) is 48.5 Å². The van der Waals surface area contributed by atoms with E-state index in [2.05, 4.69) is 20.6 Å². The van der Waals surface area contributed by atoms with Gasteiger partial charge >= 0.3 is 17.8 Å². The van der Waals surface area contributed by atoms with E-state index in [0.29, 0.717) is 28.5 Å². The Morgan fingerprint density at radius 3 is 2.12 bits per heavy atom. The molecule has 33 heavy (non-hydrogen) atoms. The van der Waals surface area contributed by atoms with Crippen molar-refractivity contribution in [2.45, 2.75) is 0 Å². The Kier molecular flexibility index (Phi) is 8.13. The predicted molar refractivity (Wildman–Crippen MR) is 121 cm³/mol. The molecular formula is C24H21N3O6. The van der Waals surface area contributed by atoms with Crippen molar-refractivity contribution in [1.29, 1.82) is 0 Å². The van der Waals surface area contributed by atoms with Crippen LogP contribution in [0.5, 0.6) is 17.2 Å². The molecular weight excluding hydrogens is 426 g/mol. The zero-order valence-electron chi connectivity index (χ0n) is 17.7. The van der Waals surface area contributed by atoms with Gasteiger partial charge in [-0.2, -0.15) is 5.10 Å². The molecule has 0 saturated carbocycles. The molecule has 0 atom stereocenters. The number of hydrazone groups is 1. The van der Waals surface area contributed by atoms with E-state index >= 15 is 0 Å². The monoisotopic (exact) mass is 447 g/mol. The van der Waals surface area contributed by atoms with Crippen LogP contribution in [0.15, 0.2) is 84.0 Å². The number of benzene rings is 3. The molecule has 2 amide bonds. The largest absolute Gasteiger partial charge is 0.482 e. The number of amides is 2. The summed E-state index contributed by atoms with van der Waals surface area (Å²) in [6.45, 7) is -0.197. The summed E-state index contributed by atoms with van der Waals surface area (Å²) in [5, 5.41) is 6.24. The normalized spacial score (nSPS) is 10.3. The first kappa shape index (κ1) is 23.0. The highest BCUT2D eigenvalue weighted by atomic mass is 16.6. The molecule has 9 nitrogen and oxygen atoms in total. The van der Waals surface area contributed by atoms with Crippen LogP contribution >= 0.6 is 0 Å². The van der Waals surface area contributed by atoms with E-state index in [1.165, 1.54) is 13.3 Å². The summed E-state index contributed by atoms with van der Waals surface area (Å²) in [7, 11) is 1.28. The predicted octanol–water partition coefficient (Wildman–Crippen LogP) is 3.12. The first-order valence-corrected chi connectivity index (χ1v) is 9.80. The third-order valence-electron chi connectivity index (χ3n) is 4.14. The van der Waals surface area contributed by atoms with Gasteiger partial charge in [0.2, 0.25) is 0 Å². The number of carbonyl (C=O) groups excluding carboxylic acids is 3. The van der Waals surface area contributed by atoms with E-state index in [9.17, 15) is 14.4 Å². The average Bonchev–Trinajstić information content (AvgIpc) is 2.85. The first-order chi connectivity index (χ1) is 16.0. The number of hydrogen-bond acceptors (Lipinski definition) is 7. The Labute approximate surface area is 190 Å². The third-order valence-corrected chi connectivity index (χ3v) is 4.14. The molecule has 0 aliphatic carbocycles. The van der Waals surface area contributed by atoms with Gasteiger partial charge in [-0.05, 0) is 66.2 Å². The van der Waals surface area contributed by atoms with Crippen LogP contribution in [0.1, 0.15) is 5.56 Å². The van der Waals surface area contributed by atoms with Gasteiger partial charge in [0.05, 0.1) is 13.3 Å². The van der Waals surface area contributed by atoms with Gasteiger partial charge in [-0.25, -0.2) is 10.2 Å². The summed E-state index contributed by atoms with van der Waals surface area (Å²) in [5.74, 6) is -0.520. The minimum Gasteiger partial charge on any atom is -0.482 e. The van der Waals surface area contributed by atoms with E-state index in [0.717, 1.165) is 0 Å². The Hall–Kier alpha value is -4.66. The Morgan fingerprint density at radius 1 is 0.818 bits per heavy atom. The minimum absolute atomic E-state index is 0.197. The van der Waals surface area contributed by atoms with Crippen LogP contribution in [0.25, 0.3) is 0 Å². The van der Waals surface area contributed by atoms with Crippen LogP contribution in [0, 0.1) is 0 Å². The maximum absolute atomic E-state index is 12.0. The summed E-state index contributed by atoms with van der Waals surface area (Å²) in [4.78, 5) is 35.1. The second kappa shape index (κ2) is 11.7. The number of methoxy groups -OCH3 is 1. The number of para-hydroxylation sites is 1. The molecule has 0 fully saturated rings. The highest BCUT2D eigenvalue weighted by Crippen LogP contribution is 2.22. The molecule has 3 rings (SSSR count). The molecule has 2 N–H and O–H groups in total. The molecule has 0 aliphatic heterocycles. The van der Waals surface area contributed by atoms with Crippen LogP contribution < -0.4 is 20.2 Å². The molecule has 0 unspecified atom stereocenters. The molecule has 0 heterocycles. The molecule has 0 bridgehead atoms. The van der Waals surface area contributed by atoms with Crippen molar-refractivity contribution in [1.82, 2.24) is 5.43 Å². The van der Waals surface area contributed by atoms with Gasteiger partial charge in [0.25, 0.3) is 0 Å². The highest BCUT2D eigenvalue weighted by Gasteiger charge is 2.13. The van der Waals surface area contributed by atoms with Crippen LogP contribution in [0.2, 0.25) is 0 Å². The first-order valence-electron chi connectivity index (χ1n) is 9.80. The van der Waals surface area contributed by atoms with Gasteiger partial charge in [-0.1, -0.05) is 18.2 Å². The van der Waals surface area contributed by atoms with Crippen LogP contribution in [0.4, 0.5) is 5.69 Å². The standard InChI is InChI=1S/C24H21N3O6/c1-31-22(28)16-32-19-11-7-17(8-12-19)15-25-27-24(30)23(29)26-18-9-13-21(14-10-18)33-20-5-3-2-4-6-20/h2-15H,16H2,1H3,(H,26,29)(H,27,30)/b25-15-. The van der Waals surface area contributed by atoms with E-state index in [4.69, 9.17) is 9.47 Å². The lowest BCUT2D eigenvalue weighted by Gasteiger charge is -2.07. The van der Waals surface area contributed by atoms with E-state index in [1.807, 2.05) is 30.3 Å². The van der Waals surface area contributed by atoms with E-state index in [-0.39, 0.29) is 6.61 Å². The Bertz CT molecular complexity index is 1110. The lowest BCUT2D eigenvalue weighted by Crippen LogP contribution is -2.32. The molecule has 3 aromatic carbocycles. The van der Waals surface area contributed by atoms with Crippen molar-refractivity contribution >= 4 is 29.7 Å². The van der Waals surface area contributed by atoms with Crippen molar-refractivity contribution in [2.24, 2.45) is 5.10 Å². The summed E-state index contributed by atoms with van der Waals surface area (Å²) in [6, 6.07) is 22.5. The third kappa shape index (κ3) is 7.51. The Balaban J connectivity index is 1.45. The fourth-order valence-electron chi connectivity index (χ4n) is 2.49. The fourth-order valence-corrected chi connectivity index (χ4v) is 2.49. The van der Waals surface area contributed by atoms with Gasteiger partial charge < -0.3 is 19.5 Å². The molecule has 168 valence electrons. The number of carbonyl (C=O) groups is 3. The summed E-state index contributed by atoms with van der Waals surface area (Å²) in [6.07, 6.45) is 1.37. The molecule has 0 aliphatic rings. The molecule has 3 aromatic rings. The molecule has 9 heteroatoms. The number of nitrogens with zero attached hydrogens (tertiary/aromatic N) is 1. The maximum atomic E-state index is 12.0. The lowest BCUT2D eigenvalue weighted by molar-refractivity contribution is -0.142. The molecule has 0 aromatic heterocycles. The smallest absolute Gasteiger partial charge is 0.343 e. The lowest BCUT2D eigenvalue weighted by atomic mass is 10.2. The number of anilines is 1. The van der Waals surface area contributed by atoms with Crippen molar-refractivity contribution < 1.29 is 28.6 Å². The number of nitrogens with one attached hydrogen (secondary N) is 2. The molecule has 0 saturated heterocycles. The van der Waals surface area contributed by atoms with Crippen molar-refractivity contribution in [2.75, 3.05) is 19.0 Å². The van der Waals surface area contributed by atoms with Gasteiger partial charge in [-0.15, -0.1) is 0 Å². The molecule has 0 spiro atoms. The van der Waals surface area contributed by atoms with Gasteiger partial charge in [0.1, 0.15) is 17.2 Å². The van der Waals surface area contributed by atoms with Crippen LogP contribution in [-0.2, 0) is 19.1 Å². The number of ether oxygens (including phenoxy) is 3. The highest BCUT2D eigenvalue weighted by molar-refractivity contribution is 6.39. The summed E-state index contributed by atoms with van der Waals surface area (Å²) >= 11 is 0. The van der Waals surface area contributed by atoms with Crippen LogP contribution in [-0.4, -0.2) is 37.7 Å². The second-order valence-electron chi connectivity index (χ2n) is 6.53. The number of esters is 1. The topological polar surface area (TPSA) is 115 Å². The van der Waals surface area contributed by atoms with Crippen molar-refractivity contribution in [3.8, 4) is 17.2 Å². The average molecular weight is 447 g/mol.